The molecular weight excluding hydrogens is 378 g/mol. The Balaban J connectivity index is 2.43. The summed E-state index contributed by atoms with van der Waals surface area (Å²) in [7, 11) is -9.03. The molecule has 0 amide bonds. The summed E-state index contributed by atoms with van der Waals surface area (Å²) >= 11 is 0. The quantitative estimate of drug-likeness (QED) is 0.328. The Hall–Kier alpha value is -2.74. The number of hydrogen-bond acceptors (Lipinski definition) is 6. The van der Waals surface area contributed by atoms with Crippen LogP contribution in [0.4, 0.5) is 17.1 Å². The standard InChI is InChI=1S/C12H11N3O8S2/c16-15(17)12-7-10(14-25(21,22)23)5-6-11(12)8-1-3-9(4-2-8)13-24(18,19)20/h1-7,13-14H,(H,18,19,20)(H,21,22,23). The molecular formula is C12H11N3O8S2. The van der Waals surface area contributed by atoms with Gasteiger partial charge < -0.3 is 0 Å². The number of nitro groups is 1. The molecule has 0 bridgehead atoms. The Labute approximate surface area is 142 Å². The Morgan fingerprint density at radius 1 is 0.840 bits per heavy atom. The van der Waals surface area contributed by atoms with Crippen LogP contribution in [0.25, 0.3) is 11.1 Å². The first kappa shape index (κ1) is 18.6. The van der Waals surface area contributed by atoms with Gasteiger partial charge in [0, 0.05) is 6.07 Å². The molecule has 0 fully saturated rings. The lowest BCUT2D eigenvalue weighted by molar-refractivity contribution is -0.384. The molecule has 2 aromatic carbocycles. The molecule has 0 atom stereocenters. The van der Waals surface area contributed by atoms with Gasteiger partial charge in [0.15, 0.2) is 0 Å². The molecule has 2 rings (SSSR count). The highest BCUT2D eigenvalue weighted by Crippen LogP contribution is 2.33. The Morgan fingerprint density at radius 2 is 1.32 bits per heavy atom. The van der Waals surface area contributed by atoms with Crippen LogP contribution in [0.5, 0.6) is 0 Å². The predicted molar refractivity (Wildman–Crippen MR) is 88.9 cm³/mol. The molecule has 25 heavy (non-hydrogen) atoms. The maximum Gasteiger partial charge on any atom is 0.357 e. The summed E-state index contributed by atoms with van der Waals surface area (Å²) in [6, 6.07) is 8.68. The van der Waals surface area contributed by atoms with Crippen LogP contribution in [0, 0.1) is 10.1 Å². The maximum absolute atomic E-state index is 11.2. The summed E-state index contributed by atoms with van der Waals surface area (Å²) in [6.45, 7) is 0. The average Bonchev–Trinajstić information content (AvgIpc) is 2.45. The van der Waals surface area contributed by atoms with Gasteiger partial charge in [-0.25, -0.2) is 0 Å². The average molecular weight is 389 g/mol. The van der Waals surface area contributed by atoms with Crippen molar-refractivity contribution in [3.05, 3.63) is 52.6 Å². The van der Waals surface area contributed by atoms with Gasteiger partial charge in [0.25, 0.3) is 5.69 Å². The summed E-state index contributed by atoms with van der Waals surface area (Å²) < 4.78 is 64.0. The minimum Gasteiger partial charge on any atom is -0.269 e. The number of benzene rings is 2. The fourth-order valence-electron chi connectivity index (χ4n) is 2.01. The molecule has 4 N–H and O–H groups in total. The first-order valence-corrected chi connectivity index (χ1v) is 9.22. The van der Waals surface area contributed by atoms with Gasteiger partial charge in [0.05, 0.1) is 21.9 Å². The highest BCUT2D eigenvalue weighted by molar-refractivity contribution is 7.87. The second-order valence-corrected chi connectivity index (χ2v) is 7.03. The molecule has 0 aliphatic carbocycles. The molecule has 0 aromatic heterocycles. The molecule has 13 heteroatoms. The van der Waals surface area contributed by atoms with E-state index in [2.05, 4.69) is 0 Å². The summed E-state index contributed by atoms with van der Waals surface area (Å²) in [6.07, 6.45) is 0. The molecule has 11 nitrogen and oxygen atoms in total. The zero-order valence-electron chi connectivity index (χ0n) is 12.1. The van der Waals surface area contributed by atoms with Gasteiger partial charge in [-0.2, -0.15) is 16.8 Å². The van der Waals surface area contributed by atoms with Crippen LogP contribution >= 0.6 is 0 Å². The molecule has 0 unspecified atom stereocenters. The van der Waals surface area contributed by atoms with Crippen LogP contribution in [0.1, 0.15) is 0 Å². The van der Waals surface area contributed by atoms with E-state index in [1.807, 2.05) is 4.72 Å². The Kier molecular flexibility index (Phi) is 4.94. The molecule has 0 radical (unpaired) electrons. The maximum atomic E-state index is 11.2. The normalized spacial score (nSPS) is 11.8. The predicted octanol–water partition coefficient (Wildman–Crippen LogP) is 1.69. The van der Waals surface area contributed by atoms with Crippen molar-refractivity contribution in [1.82, 2.24) is 0 Å². The minimum atomic E-state index is -4.58. The van der Waals surface area contributed by atoms with Crippen molar-refractivity contribution in [1.29, 1.82) is 0 Å². The molecule has 2 aromatic rings. The lowest BCUT2D eigenvalue weighted by Crippen LogP contribution is -2.10. The number of rotatable bonds is 6. The number of anilines is 2. The topological polar surface area (TPSA) is 176 Å². The second-order valence-electron chi connectivity index (χ2n) is 4.72. The summed E-state index contributed by atoms with van der Waals surface area (Å²) in [5.41, 5.74) is -0.138. The minimum absolute atomic E-state index is 0.0403. The monoisotopic (exact) mass is 389 g/mol. The van der Waals surface area contributed by atoms with Crippen LogP contribution in [-0.4, -0.2) is 30.9 Å². The van der Waals surface area contributed by atoms with Gasteiger partial charge in [-0.3, -0.25) is 28.7 Å². The van der Waals surface area contributed by atoms with Gasteiger partial charge in [-0.05, 0) is 29.8 Å². The largest absolute Gasteiger partial charge is 0.357 e. The van der Waals surface area contributed by atoms with E-state index in [0.717, 1.165) is 6.07 Å². The van der Waals surface area contributed by atoms with E-state index in [9.17, 15) is 26.9 Å². The van der Waals surface area contributed by atoms with Gasteiger partial charge in [0.2, 0.25) is 0 Å². The van der Waals surface area contributed by atoms with E-state index in [1.165, 1.54) is 36.4 Å². The third kappa shape index (κ3) is 5.39. The van der Waals surface area contributed by atoms with Crippen molar-refractivity contribution in [2.75, 3.05) is 9.44 Å². The van der Waals surface area contributed by atoms with Crippen LogP contribution in [0.2, 0.25) is 0 Å². The van der Waals surface area contributed by atoms with E-state index >= 15 is 0 Å². The number of nitro benzene ring substituents is 1. The molecule has 134 valence electrons. The summed E-state index contributed by atoms with van der Waals surface area (Å²) in [5.74, 6) is 0. The summed E-state index contributed by atoms with van der Waals surface area (Å²) in [5, 5.41) is 11.2. The third-order valence-corrected chi connectivity index (χ3v) is 3.87. The first-order valence-electron chi connectivity index (χ1n) is 6.34. The van der Waals surface area contributed by atoms with E-state index < -0.39 is 31.2 Å². The van der Waals surface area contributed by atoms with Gasteiger partial charge >= 0.3 is 20.6 Å². The summed E-state index contributed by atoms with van der Waals surface area (Å²) in [4.78, 5) is 10.5. The van der Waals surface area contributed by atoms with Crippen molar-refractivity contribution >= 4 is 37.7 Å². The SMILES string of the molecule is O=[N+]([O-])c1cc(NS(=O)(=O)O)ccc1-c1ccc(NS(=O)(=O)O)cc1. The van der Waals surface area contributed by atoms with E-state index in [1.54, 1.807) is 4.72 Å². The van der Waals surface area contributed by atoms with Crippen LogP contribution in [-0.2, 0) is 20.6 Å². The third-order valence-electron chi connectivity index (χ3n) is 2.88. The van der Waals surface area contributed by atoms with Crippen molar-refractivity contribution < 1.29 is 30.9 Å². The first-order chi connectivity index (χ1) is 11.4. The zero-order valence-corrected chi connectivity index (χ0v) is 13.8. The van der Waals surface area contributed by atoms with Crippen molar-refractivity contribution in [3.63, 3.8) is 0 Å². The van der Waals surface area contributed by atoms with E-state index in [-0.39, 0.29) is 16.9 Å². The van der Waals surface area contributed by atoms with Crippen LogP contribution < -0.4 is 9.44 Å². The molecule has 0 heterocycles. The number of nitrogens with zero attached hydrogens (tertiary/aromatic N) is 1. The lowest BCUT2D eigenvalue weighted by atomic mass is 10.0. The zero-order chi connectivity index (χ0) is 18.8. The Morgan fingerprint density at radius 3 is 1.80 bits per heavy atom. The molecule has 0 saturated heterocycles. The smallest absolute Gasteiger partial charge is 0.269 e. The van der Waals surface area contributed by atoms with Crippen molar-refractivity contribution in [3.8, 4) is 11.1 Å². The van der Waals surface area contributed by atoms with E-state index in [4.69, 9.17) is 9.11 Å². The second kappa shape index (κ2) is 6.64. The van der Waals surface area contributed by atoms with Gasteiger partial charge in [-0.15, -0.1) is 0 Å². The van der Waals surface area contributed by atoms with Gasteiger partial charge in [-0.1, -0.05) is 12.1 Å². The molecule has 0 saturated carbocycles. The molecule has 0 spiro atoms. The number of hydrogen-bond donors (Lipinski definition) is 4. The highest BCUT2D eigenvalue weighted by atomic mass is 32.2. The fraction of sp³-hybridized carbons (Fsp3) is 0. The lowest BCUT2D eigenvalue weighted by Gasteiger charge is -2.08. The van der Waals surface area contributed by atoms with Crippen molar-refractivity contribution in [2.45, 2.75) is 0 Å². The van der Waals surface area contributed by atoms with Crippen LogP contribution in [0.15, 0.2) is 42.5 Å². The molecule has 0 aliphatic rings. The van der Waals surface area contributed by atoms with Crippen LogP contribution in [0.3, 0.4) is 0 Å². The van der Waals surface area contributed by atoms with E-state index in [0.29, 0.717) is 5.56 Å². The Bertz CT molecular complexity index is 1020. The number of nitrogens with one attached hydrogen (secondary N) is 2. The highest BCUT2D eigenvalue weighted by Gasteiger charge is 2.18. The van der Waals surface area contributed by atoms with Gasteiger partial charge in [0.1, 0.15) is 0 Å². The fourth-order valence-corrected chi connectivity index (χ4v) is 2.86. The molecule has 0 aliphatic heterocycles. The van der Waals surface area contributed by atoms with Crippen molar-refractivity contribution in [2.24, 2.45) is 0 Å².